The van der Waals surface area contributed by atoms with E-state index in [1.165, 1.54) is 0 Å². The summed E-state index contributed by atoms with van der Waals surface area (Å²) in [4.78, 5) is 16.9. The van der Waals surface area contributed by atoms with Crippen LogP contribution in [0.5, 0.6) is 0 Å². The van der Waals surface area contributed by atoms with E-state index in [0.717, 1.165) is 18.1 Å². The van der Waals surface area contributed by atoms with Gasteiger partial charge in [0.15, 0.2) is 0 Å². The van der Waals surface area contributed by atoms with Crippen molar-refractivity contribution in [2.45, 2.75) is 47.5 Å². The number of aromatic nitrogens is 1. The van der Waals surface area contributed by atoms with Crippen LogP contribution in [-0.4, -0.2) is 24.0 Å². The Balaban J connectivity index is 2.87. The van der Waals surface area contributed by atoms with Gasteiger partial charge in [-0.1, -0.05) is 34.6 Å². The molecule has 0 fully saturated rings. The summed E-state index contributed by atoms with van der Waals surface area (Å²) in [6.07, 6.45) is 0. The van der Waals surface area contributed by atoms with Gasteiger partial charge in [-0.3, -0.25) is 4.79 Å². The molecule has 0 aliphatic carbocycles. The van der Waals surface area contributed by atoms with E-state index < -0.39 is 0 Å². The average molecular weight is 291 g/mol. The van der Waals surface area contributed by atoms with Gasteiger partial charge in [-0.15, -0.1) is 0 Å². The van der Waals surface area contributed by atoms with E-state index in [1.54, 1.807) is 0 Å². The first-order valence-electron chi connectivity index (χ1n) is 7.89. The molecule has 1 aromatic heterocycles. The van der Waals surface area contributed by atoms with Crippen LogP contribution in [0.25, 0.3) is 0 Å². The first-order valence-corrected chi connectivity index (χ1v) is 7.89. The fourth-order valence-corrected chi connectivity index (χ4v) is 1.84. The van der Waals surface area contributed by atoms with Crippen LogP contribution in [0.3, 0.4) is 0 Å². The number of carbonyl (C=O) groups excluding carboxylic acids is 1. The predicted octanol–water partition coefficient (Wildman–Crippen LogP) is 3.66. The monoisotopic (exact) mass is 291 g/mol. The zero-order chi connectivity index (χ0) is 16.0. The third-order valence-electron chi connectivity index (χ3n) is 3.78. The molecule has 1 heterocycles. The van der Waals surface area contributed by atoms with Crippen molar-refractivity contribution in [1.82, 2.24) is 10.3 Å². The van der Waals surface area contributed by atoms with Crippen LogP contribution in [0, 0.1) is 11.8 Å². The SMILES string of the molecule is CCNc1cc(C(=O)NCC(C)C(C)C)cc(C(C)C)n1. The number of amides is 1. The molecule has 0 aliphatic heterocycles. The van der Waals surface area contributed by atoms with Gasteiger partial charge in [-0.05, 0) is 36.8 Å². The largest absolute Gasteiger partial charge is 0.370 e. The average Bonchev–Trinajstić information content (AvgIpc) is 2.44. The molecular weight excluding hydrogens is 262 g/mol. The van der Waals surface area contributed by atoms with Gasteiger partial charge >= 0.3 is 0 Å². The molecular formula is C17H29N3O. The van der Waals surface area contributed by atoms with Gasteiger partial charge in [0.2, 0.25) is 0 Å². The summed E-state index contributed by atoms with van der Waals surface area (Å²) >= 11 is 0. The first kappa shape index (κ1) is 17.5. The summed E-state index contributed by atoms with van der Waals surface area (Å²) in [5.74, 6) is 2.07. The van der Waals surface area contributed by atoms with E-state index in [-0.39, 0.29) is 5.91 Å². The number of rotatable bonds is 7. The molecule has 0 radical (unpaired) electrons. The highest BCUT2D eigenvalue weighted by Crippen LogP contribution is 2.18. The third-order valence-corrected chi connectivity index (χ3v) is 3.78. The lowest BCUT2D eigenvalue weighted by Gasteiger charge is -2.17. The standard InChI is InChI=1S/C17H29N3O/c1-7-18-16-9-14(8-15(20-16)12(4)5)17(21)19-10-13(6)11(2)3/h8-9,11-13H,7,10H2,1-6H3,(H,18,20)(H,19,21). The van der Waals surface area contributed by atoms with Gasteiger partial charge in [0.05, 0.1) is 0 Å². The molecule has 4 nitrogen and oxygen atoms in total. The fourth-order valence-electron chi connectivity index (χ4n) is 1.84. The Labute approximate surface area is 128 Å². The van der Waals surface area contributed by atoms with Crippen LogP contribution >= 0.6 is 0 Å². The maximum atomic E-state index is 12.3. The quantitative estimate of drug-likeness (QED) is 0.806. The van der Waals surface area contributed by atoms with Crippen LogP contribution < -0.4 is 10.6 Å². The smallest absolute Gasteiger partial charge is 0.251 e. The van der Waals surface area contributed by atoms with Crippen molar-refractivity contribution in [1.29, 1.82) is 0 Å². The van der Waals surface area contributed by atoms with E-state index in [1.807, 2.05) is 19.1 Å². The van der Waals surface area contributed by atoms with Crippen molar-refractivity contribution in [3.8, 4) is 0 Å². The zero-order valence-corrected chi connectivity index (χ0v) is 14.2. The maximum Gasteiger partial charge on any atom is 0.251 e. The lowest BCUT2D eigenvalue weighted by Crippen LogP contribution is -2.30. The van der Waals surface area contributed by atoms with Crippen LogP contribution in [-0.2, 0) is 0 Å². The molecule has 118 valence electrons. The Morgan fingerprint density at radius 2 is 1.86 bits per heavy atom. The van der Waals surface area contributed by atoms with Crippen molar-refractivity contribution in [2.24, 2.45) is 11.8 Å². The number of nitrogens with zero attached hydrogens (tertiary/aromatic N) is 1. The van der Waals surface area contributed by atoms with E-state index in [9.17, 15) is 4.79 Å². The molecule has 0 spiro atoms. The van der Waals surface area contributed by atoms with Gasteiger partial charge in [0.25, 0.3) is 5.91 Å². The molecule has 1 rings (SSSR count). The molecule has 1 atom stereocenters. The lowest BCUT2D eigenvalue weighted by molar-refractivity contribution is 0.0944. The van der Waals surface area contributed by atoms with Gasteiger partial charge in [0.1, 0.15) is 5.82 Å². The highest BCUT2D eigenvalue weighted by atomic mass is 16.1. The molecule has 1 aromatic rings. The van der Waals surface area contributed by atoms with Gasteiger partial charge in [-0.25, -0.2) is 4.98 Å². The molecule has 1 amide bonds. The number of hydrogen-bond donors (Lipinski definition) is 2. The Kier molecular flexibility index (Phi) is 6.66. The summed E-state index contributed by atoms with van der Waals surface area (Å²) in [5, 5.41) is 6.21. The second-order valence-electron chi connectivity index (χ2n) is 6.28. The van der Waals surface area contributed by atoms with E-state index >= 15 is 0 Å². The number of nitrogens with one attached hydrogen (secondary N) is 2. The molecule has 0 saturated carbocycles. The highest BCUT2D eigenvalue weighted by Gasteiger charge is 2.13. The fraction of sp³-hybridized carbons (Fsp3) is 0.647. The molecule has 0 aliphatic rings. The van der Waals surface area contributed by atoms with E-state index in [0.29, 0.717) is 29.9 Å². The summed E-state index contributed by atoms with van der Waals surface area (Å²) in [7, 11) is 0. The zero-order valence-electron chi connectivity index (χ0n) is 14.2. The van der Waals surface area contributed by atoms with Crippen molar-refractivity contribution in [3.05, 3.63) is 23.4 Å². The molecule has 0 bridgehead atoms. The molecule has 1 unspecified atom stereocenters. The third kappa shape index (κ3) is 5.37. The molecule has 2 N–H and O–H groups in total. The summed E-state index contributed by atoms with van der Waals surface area (Å²) in [6.45, 7) is 14.2. The topological polar surface area (TPSA) is 54.0 Å². The second kappa shape index (κ2) is 8.01. The van der Waals surface area contributed by atoms with Crippen LogP contribution in [0.2, 0.25) is 0 Å². The number of anilines is 1. The maximum absolute atomic E-state index is 12.3. The summed E-state index contributed by atoms with van der Waals surface area (Å²) in [5.41, 5.74) is 1.62. The normalized spacial score (nSPS) is 12.6. The molecule has 0 saturated heterocycles. The minimum Gasteiger partial charge on any atom is -0.370 e. The predicted molar refractivity (Wildman–Crippen MR) is 88.8 cm³/mol. The Hall–Kier alpha value is -1.58. The number of pyridine rings is 1. The second-order valence-corrected chi connectivity index (χ2v) is 6.28. The minimum absolute atomic E-state index is 0.0223. The highest BCUT2D eigenvalue weighted by molar-refractivity contribution is 5.95. The molecule has 4 heteroatoms. The van der Waals surface area contributed by atoms with Gasteiger partial charge < -0.3 is 10.6 Å². The lowest BCUT2D eigenvalue weighted by atomic mass is 9.98. The first-order chi connectivity index (χ1) is 9.85. The van der Waals surface area contributed by atoms with Crippen LogP contribution in [0.15, 0.2) is 12.1 Å². The van der Waals surface area contributed by atoms with Crippen LogP contribution in [0.4, 0.5) is 5.82 Å². The van der Waals surface area contributed by atoms with Crippen LogP contribution in [0.1, 0.15) is 63.5 Å². The summed E-state index contributed by atoms with van der Waals surface area (Å²) in [6, 6.07) is 3.71. The molecule has 0 aromatic carbocycles. The Morgan fingerprint density at radius 3 is 2.38 bits per heavy atom. The number of carbonyl (C=O) groups is 1. The van der Waals surface area contributed by atoms with E-state index in [2.05, 4.69) is 50.2 Å². The Bertz CT molecular complexity index is 469. The van der Waals surface area contributed by atoms with Crippen molar-refractivity contribution in [3.63, 3.8) is 0 Å². The summed E-state index contributed by atoms with van der Waals surface area (Å²) < 4.78 is 0. The number of hydrogen-bond acceptors (Lipinski definition) is 3. The minimum atomic E-state index is -0.0223. The van der Waals surface area contributed by atoms with Crippen molar-refractivity contribution < 1.29 is 4.79 Å². The van der Waals surface area contributed by atoms with Gasteiger partial charge in [0, 0.05) is 24.3 Å². The van der Waals surface area contributed by atoms with Gasteiger partial charge in [-0.2, -0.15) is 0 Å². The van der Waals surface area contributed by atoms with Crippen molar-refractivity contribution in [2.75, 3.05) is 18.4 Å². The van der Waals surface area contributed by atoms with Crippen molar-refractivity contribution >= 4 is 11.7 Å². The van der Waals surface area contributed by atoms with E-state index in [4.69, 9.17) is 0 Å². The Morgan fingerprint density at radius 1 is 1.19 bits per heavy atom. The molecule has 21 heavy (non-hydrogen) atoms.